The van der Waals surface area contributed by atoms with Gasteiger partial charge in [0, 0.05) is 25.2 Å². The molecular formula is C16H18ClN3O3. The summed E-state index contributed by atoms with van der Waals surface area (Å²) in [6.45, 7) is 1.24. The Labute approximate surface area is 139 Å². The molecule has 1 atom stereocenters. The average molecular weight is 336 g/mol. The summed E-state index contributed by atoms with van der Waals surface area (Å²) < 4.78 is 0. The van der Waals surface area contributed by atoms with Gasteiger partial charge in [0.1, 0.15) is 6.04 Å². The number of carbonyl (C=O) groups excluding carboxylic acids is 3. The lowest BCUT2D eigenvalue weighted by molar-refractivity contribution is -0.160. The summed E-state index contributed by atoms with van der Waals surface area (Å²) in [5.74, 6) is -0.218. The molecule has 0 N–H and O–H groups in total. The van der Waals surface area contributed by atoms with Crippen molar-refractivity contribution in [3.8, 4) is 0 Å². The normalized spacial score (nSPS) is 21.5. The van der Waals surface area contributed by atoms with Crippen molar-refractivity contribution in [2.24, 2.45) is 0 Å². The van der Waals surface area contributed by atoms with Crippen molar-refractivity contribution in [2.45, 2.75) is 12.5 Å². The highest BCUT2D eigenvalue weighted by Gasteiger charge is 2.42. The first-order valence-corrected chi connectivity index (χ1v) is 7.90. The van der Waals surface area contributed by atoms with E-state index in [0.717, 1.165) is 5.56 Å². The predicted octanol–water partition coefficient (Wildman–Crippen LogP) is 0.394. The fourth-order valence-corrected chi connectivity index (χ4v) is 3.29. The first kappa shape index (κ1) is 15.8. The van der Waals surface area contributed by atoms with Gasteiger partial charge in [0.2, 0.25) is 17.7 Å². The third-order valence-electron chi connectivity index (χ3n) is 4.33. The molecule has 2 aliphatic rings. The summed E-state index contributed by atoms with van der Waals surface area (Å²) in [5, 5.41) is 0.592. The summed E-state index contributed by atoms with van der Waals surface area (Å²) in [7, 11) is 1.62. The van der Waals surface area contributed by atoms with Crippen LogP contribution in [0.4, 0.5) is 0 Å². The Kier molecular flexibility index (Phi) is 4.26. The fourth-order valence-electron chi connectivity index (χ4n) is 3.08. The molecule has 0 aromatic heterocycles. The van der Waals surface area contributed by atoms with Gasteiger partial charge in [-0.3, -0.25) is 14.4 Å². The first-order chi connectivity index (χ1) is 11.0. The van der Waals surface area contributed by atoms with Crippen molar-refractivity contribution in [1.29, 1.82) is 0 Å². The van der Waals surface area contributed by atoms with Gasteiger partial charge >= 0.3 is 0 Å². The van der Waals surface area contributed by atoms with Crippen molar-refractivity contribution in [1.82, 2.24) is 14.7 Å². The number of piperazine rings is 2. The van der Waals surface area contributed by atoms with E-state index >= 15 is 0 Å². The molecule has 122 valence electrons. The van der Waals surface area contributed by atoms with Gasteiger partial charge in [0.05, 0.1) is 19.5 Å². The molecule has 0 bridgehead atoms. The van der Waals surface area contributed by atoms with Crippen LogP contribution < -0.4 is 0 Å². The number of hydrogen-bond donors (Lipinski definition) is 0. The number of halogens is 1. The molecule has 6 nitrogen and oxygen atoms in total. The highest BCUT2D eigenvalue weighted by Crippen LogP contribution is 2.18. The Balaban J connectivity index is 1.69. The molecule has 1 aromatic carbocycles. The number of fused-ring (bicyclic) bond motifs is 1. The molecule has 3 rings (SSSR count). The van der Waals surface area contributed by atoms with Gasteiger partial charge in [-0.1, -0.05) is 23.7 Å². The van der Waals surface area contributed by atoms with E-state index in [1.165, 1.54) is 4.90 Å². The maximum absolute atomic E-state index is 12.5. The monoisotopic (exact) mass is 335 g/mol. The van der Waals surface area contributed by atoms with Gasteiger partial charge in [0.25, 0.3) is 0 Å². The lowest BCUT2D eigenvalue weighted by Gasteiger charge is -2.45. The van der Waals surface area contributed by atoms with Crippen LogP contribution in [-0.2, 0) is 20.8 Å². The smallest absolute Gasteiger partial charge is 0.247 e. The highest BCUT2D eigenvalue weighted by atomic mass is 35.5. The predicted molar refractivity (Wildman–Crippen MR) is 84.9 cm³/mol. The molecule has 2 heterocycles. The highest BCUT2D eigenvalue weighted by molar-refractivity contribution is 6.30. The van der Waals surface area contributed by atoms with Gasteiger partial charge in [-0.05, 0) is 17.7 Å². The Hall–Kier alpha value is -2.08. The van der Waals surface area contributed by atoms with E-state index in [4.69, 9.17) is 11.6 Å². The molecule has 0 saturated carbocycles. The van der Waals surface area contributed by atoms with E-state index in [1.54, 1.807) is 35.0 Å². The molecule has 0 radical (unpaired) electrons. The van der Waals surface area contributed by atoms with Crippen LogP contribution in [0.5, 0.6) is 0 Å². The summed E-state index contributed by atoms with van der Waals surface area (Å²) in [4.78, 5) is 41.4. The van der Waals surface area contributed by atoms with Gasteiger partial charge < -0.3 is 14.7 Å². The van der Waals surface area contributed by atoms with E-state index in [2.05, 4.69) is 0 Å². The third kappa shape index (κ3) is 3.17. The molecule has 2 aliphatic heterocycles. The molecule has 7 heteroatoms. The van der Waals surface area contributed by atoms with E-state index in [0.29, 0.717) is 18.1 Å². The number of carbonyl (C=O) groups is 3. The molecule has 3 amide bonds. The van der Waals surface area contributed by atoms with E-state index in [-0.39, 0.29) is 37.2 Å². The lowest BCUT2D eigenvalue weighted by atomic mass is 10.1. The zero-order valence-corrected chi connectivity index (χ0v) is 13.6. The van der Waals surface area contributed by atoms with Gasteiger partial charge in [-0.15, -0.1) is 0 Å². The number of amides is 3. The Morgan fingerprint density at radius 2 is 2.09 bits per heavy atom. The first-order valence-electron chi connectivity index (χ1n) is 7.52. The number of rotatable bonds is 2. The average Bonchev–Trinajstić information content (AvgIpc) is 2.52. The van der Waals surface area contributed by atoms with Gasteiger partial charge in [-0.2, -0.15) is 0 Å². The SMILES string of the molecule is CN1CC(=O)N2CCN(C(=O)Cc3cccc(Cl)c3)CC2C1=O. The zero-order valence-electron chi connectivity index (χ0n) is 12.9. The van der Waals surface area contributed by atoms with Gasteiger partial charge in [0.15, 0.2) is 0 Å². The molecular weight excluding hydrogens is 318 g/mol. The largest absolute Gasteiger partial charge is 0.338 e. The number of likely N-dealkylation sites (N-methyl/N-ethyl adjacent to an activating group) is 1. The maximum Gasteiger partial charge on any atom is 0.247 e. The number of nitrogens with zero attached hydrogens (tertiary/aromatic N) is 3. The molecule has 1 aromatic rings. The summed E-state index contributed by atoms with van der Waals surface area (Å²) in [5.41, 5.74) is 0.841. The Morgan fingerprint density at radius 3 is 2.83 bits per heavy atom. The minimum atomic E-state index is -0.557. The third-order valence-corrected chi connectivity index (χ3v) is 4.57. The zero-order chi connectivity index (χ0) is 16.6. The van der Waals surface area contributed by atoms with Crippen LogP contribution in [0.1, 0.15) is 5.56 Å². The van der Waals surface area contributed by atoms with Crippen LogP contribution in [0.25, 0.3) is 0 Å². The summed E-state index contributed by atoms with van der Waals surface area (Å²) >= 11 is 5.94. The number of benzene rings is 1. The Bertz CT molecular complexity index is 664. The van der Waals surface area contributed by atoms with Crippen LogP contribution >= 0.6 is 11.6 Å². The van der Waals surface area contributed by atoms with Crippen LogP contribution in [-0.4, -0.2) is 71.7 Å². The maximum atomic E-state index is 12.5. The topological polar surface area (TPSA) is 60.9 Å². The second-order valence-corrected chi connectivity index (χ2v) is 6.38. The molecule has 0 aliphatic carbocycles. The molecule has 2 saturated heterocycles. The summed E-state index contributed by atoms with van der Waals surface area (Å²) in [6.07, 6.45) is 0.241. The molecule has 0 spiro atoms. The molecule has 2 fully saturated rings. The molecule has 1 unspecified atom stereocenters. The van der Waals surface area contributed by atoms with Crippen LogP contribution in [0, 0.1) is 0 Å². The quantitative estimate of drug-likeness (QED) is 0.785. The lowest BCUT2D eigenvalue weighted by Crippen LogP contribution is -2.66. The second kappa shape index (κ2) is 6.20. The van der Waals surface area contributed by atoms with E-state index in [1.807, 2.05) is 6.07 Å². The van der Waals surface area contributed by atoms with Crippen molar-refractivity contribution in [3.05, 3.63) is 34.9 Å². The standard InChI is InChI=1S/C16H18ClN3O3/c1-18-10-15(22)20-6-5-19(9-13(20)16(18)23)14(21)8-11-3-2-4-12(17)7-11/h2-4,7,13H,5-6,8-10H2,1H3. The van der Waals surface area contributed by atoms with Crippen molar-refractivity contribution in [2.75, 3.05) is 33.2 Å². The van der Waals surface area contributed by atoms with E-state index in [9.17, 15) is 14.4 Å². The van der Waals surface area contributed by atoms with Crippen molar-refractivity contribution >= 4 is 29.3 Å². The van der Waals surface area contributed by atoms with Crippen LogP contribution in [0.3, 0.4) is 0 Å². The summed E-state index contributed by atoms with van der Waals surface area (Å²) in [6, 6.07) is 6.62. The second-order valence-electron chi connectivity index (χ2n) is 5.94. The van der Waals surface area contributed by atoms with E-state index < -0.39 is 6.04 Å². The van der Waals surface area contributed by atoms with Crippen LogP contribution in [0.15, 0.2) is 24.3 Å². The fraction of sp³-hybridized carbons (Fsp3) is 0.438. The van der Waals surface area contributed by atoms with Crippen LogP contribution in [0.2, 0.25) is 5.02 Å². The van der Waals surface area contributed by atoms with Crippen molar-refractivity contribution in [3.63, 3.8) is 0 Å². The Morgan fingerprint density at radius 1 is 1.30 bits per heavy atom. The molecule has 23 heavy (non-hydrogen) atoms. The minimum Gasteiger partial charge on any atom is -0.338 e. The minimum absolute atomic E-state index is 0.0552. The number of hydrogen-bond acceptors (Lipinski definition) is 3. The van der Waals surface area contributed by atoms with Gasteiger partial charge in [-0.25, -0.2) is 0 Å². The van der Waals surface area contributed by atoms with Crippen molar-refractivity contribution < 1.29 is 14.4 Å².